The number of esters is 1. The lowest BCUT2D eigenvalue weighted by atomic mass is 10.3. The molecule has 102 valence electrons. The zero-order valence-corrected chi connectivity index (χ0v) is 11.3. The van der Waals surface area contributed by atoms with Gasteiger partial charge in [0, 0.05) is 18.5 Å². The summed E-state index contributed by atoms with van der Waals surface area (Å²) in [5, 5.41) is 0. The van der Waals surface area contributed by atoms with Crippen molar-refractivity contribution in [3.63, 3.8) is 0 Å². The van der Waals surface area contributed by atoms with Gasteiger partial charge in [-0.3, -0.25) is 4.79 Å². The number of likely N-dealkylation sites (tertiary alicyclic amines) is 1. The SMILES string of the molecule is C=C(C)C(=O)OCC(C)OC(C)N1CCCC1=O. The molecule has 1 rings (SSSR count). The summed E-state index contributed by atoms with van der Waals surface area (Å²) in [6, 6.07) is 0. The molecule has 18 heavy (non-hydrogen) atoms. The molecule has 1 aliphatic rings. The first-order valence-electron chi connectivity index (χ1n) is 6.19. The second-order valence-corrected chi connectivity index (χ2v) is 4.62. The number of hydrogen-bond acceptors (Lipinski definition) is 4. The summed E-state index contributed by atoms with van der Waals surface area (Å²) in [6.07, 6.45) is 0.938. The van der Waals surface area contributed by atoms with Gasteiger partial charge in [0.25, 0.3) is 0 Å². The average molecular weight is 255 g/mol. The molecule has 0 aromatic heterocycles. The third kappa shape index (κ3) is 4.14. The van der Waals surface area contributed by atoms with Crippen LogP contribution >= 0.6 is 0 Å². The predicted molar refractivity (Wildman–Crippen MR) is 66.7 cm³/mol. The van der Waals surface area contributed by atoms with Gasteiger partial charge in [-0.15, -0.1) is 0 Å². The van der Waals surface area contributed by atoms with E-state index in [-0.39, 0.29) is 24.8 Å². The summed E-state index contributed by atoms with van der Waals surface area (Å²) >= 11 is 0. The fourth-order valence-electron chi connectivity index (χ4n) is 1.82. The van der Waals surface area contributed by atoms with Gasteiger partial charge < -0.3 is 14.4 Å². The fourth-order valence-corrected chi connectivity index (χ4v) is 1.82. The number of rotatable bonds is 6. The van der Waals surface area contributed by atoms with Crippen molar-refractivity contribution in [2.75, 3.05) is 13.2 Å². The highest BCUT2D eigenvalue weighted by molar-refractivity contribution is 5.86. The summed E-state index contributed by atoms with van der Waals surface area (Å²) < 4.78 is 10.6. The van der Waals surface area contributed by atoms with Gasteiger partial charge in [-0.1, -0.05) is 6.58 Å². The molecule has 0 aromatic carbocycles. The Kier molecular flexibility index (Phi) is 5.34. The summed E-state index contributed by atoms with van der Waals surface area (Å²) in [4.78, 5) is 24.4. The first kappa shape index (κ1) is 14.7. The Labute approximate surface area is 108 Å². The van der Waals surface area contributed by atoms with Crippen LogP contribution in [0.1, 0.15) is 33.6 Å². The molecule has 2 unspecified atom stereocenters. The second-order valence-electron chi connectivity index (χ2n) is 4.62. The molecule has 5 heteroatoms. The molecule has 0 aromatic rings. The van der Waals surface area contributed by atoms with Crippen LogP contribution in [0.5, 0.6) is 0 Å². The highest BCUT2D eigenvalue weighted by atomic mass is 16.6. The highest BCUT2D eigenvalue weighted by Crippen LogP contribution is 2.15. The lowest BCUT2D eigenvalue weighted by Crippen LogP contribution is -2.39. The molecule has 1 amide bonds. The van der Waals surface area contributed by atoms with Crippen molar-refractivity contribution < 1.29 is 19.1 Å². The summed E-state index contributed by atoms with van der Waals surface area (Å²) in [6.45, 7) is 9.64. The molecule has 0 N–H and O–H groups in total. The van der Waals surface area contributed by atoms with E-state index in [9.17, 15) is 9.59 Å². The lowest BCUT2D eigenvalue weighted by molar-refractivity contribution is -0.155. The number of amides is 1. The van der Waals surface area contributed by atoms with Gasteiger partial charge in [0.2, 0.25) is 5.91 Å². The summed E-state index contributed by atoms with van der Waals surface area (Å²) in [7, 11) is 0. The smallest absolute Gasteiger partial charge is 0.333 e. The van der Waals surface area contributed by atoms with Gasteiger partial charge in [-0.2, -0.15) is 0 Å². The zero-order valence-electron chi connectivity index (χ0n) is 11.3. The molecule has 1 heterocycles. The average Bonchev–Trinajstić information content (AvgIpc) is 2.72. The van der Waals surface area contributed by atoms with Crippen LogP contribution in [0.3, 0.4) is 0 Å². The molecule has 0 radical (unpaired) electrons. The van der Waals surface area contributed by atoms with Gasteiger partial charge in [0.05, 0.1) is 6.10 Å². The minimum atomic E-state index is -0.421. The van der Waals surface area contributed by atoms with Crippen LogP contribution in [-0.2, 0) is 19.1 Å². The second kappa shape index (κ2) is 6.54. The van der Waals surface area contributed by atoms with Crippen molar-refractivity contribution in [1.82, 2.24) is 4.90 Å². The lowest BCUT2D eigenvalue weighted by Gasteiger charge is -2.27. The van der Waals surface area contributed by atoms with E-state index in [4.69, 9.17) is 9.47 Å². The van der Waals surface area contributed by atoms with E-state index in [1.807, 2.05) is 13.8 Å². The normalized spacial score (nSPS) is 18.6. The highest BCUT2D eigenvalue weighted by Gasteiger charge is 2.26. The molecular formula is C13H21NO4. The number of ether oxygens (including phenoxy) is 2. The number of hydrogen-bond donors (Lipinski definition) is 0. The van der Waals surface area contributed by atoms with Gasteiger partial charge in [-0.25, -0.2) is 4.79 Å². The van der Waals surface area contributed by atoms with E-state index in [0.717, 1.165) is 13.0 Å². The van der Waals surface area contributed by atoms with E-state index in [1.54, 1.807) is 11.8 Å². The Hall–Kier alpha value is -1.36. The van der Waals surface area contributed by atoms with Gasteiger partial charge >= 0.3 is 5.97 Å². The van der Waals surface area contributed by atoms with Gasteiger partial charge in [0.1, 0.15) is 12.8 Å². The van der Waals surface area contributed by atoms with Crippen molar-refractivity contribution in [2.45, 2.75) is 45.9 Å². The molecule has 1 aliphatic heterocycles. The standard InChI is InChI=1S/C13H21NO4/c1-9(2)13(16)17-8-10(3)18-11(4)14-7-5-6-12(14)15/h10-11H,1,5-8H2,2-4H3. The van der Waals surface area contributed by atoms with Gasteiger partial charge in [0.15, 0.2) is 0 Å². The van der Waals surface area contributed by atoms with Crippen LogP contribution in [-0.4, -0.2) is 42.3 Å². The topological polar surface area (TPSA) is 55.8 Å². The zero-order chi connectivity index (χ0) is 13.7. The quantitative estimate of drug-likeness (QED) is 0.533. The minimum Gasteiger partial charge on any atom is -0.460 e. The van der Waals surface area contributed by atoms with Crippen molar-refractivity contribution in [2.24, 2.45) is 0 Å². The van der Waals surface area contributed by atoms with Crippen molar-refractivity contribution >= 4 is 11.9 Å². The van der Waals surface area contributed by atoms with E-state index in [2.05, 4.69) is 6.58 Å². The Bertz CT molecular complexity index is 340. The van der Waals surface area contributed by atoms with Gasteiger partial charge in [-0.05, 0) is 27.2 Å². The van der Waals surface area contributed by atoms with Crippen LogP contribution < -0.4 is 0 Å². The number of nitrogens with zero attached hydrogens (tertiary/aromatic N) is 1. The Morgan fingerprint density at radius 3 is 2.67 bits per heavy atom. The molecule has 0 aliphatic carbocycles. The molecule has 1 saturated heterocycles. The van der Waals surface area contributed by atoms with Crippen molar-refractivity contribution in [3.05, 3.63) is 12.2 Å². The molecule has 0 saturated carbocycles. The van der Waals surface area contributed by atoms with Crippen LogP contribution in [0.2, 0.25) is 0 Å². The molecule has 0 bridgehead atoms. The first-order chi connectivity index (χ1) is 8.41. The maximum Gasteiger partial charge on any atom is 0.333 e. The van der Waals surface area contributed by atoms with Crippen LogP contribution in [0, 0.1) is 0 Å². The van der Waals surface area contributed by atoms with Crippen LogP contribution in [0.15, 0.2) is 12.2 Å². The number of carbonyl (C=O) groups is 2. The van der Waals surface area contributed by atoms with Crippen molar-refractivity contribution in [1.29, 1.82) is 0 Å². The molecule has 1 fully saturated rings. The first-order valence-corrected chi connectivity index (χ1v) is 6.19. The van der Waals surface area contributed by atoms with E-state index >= 15 is 0 Å². The van der Waals surface area contributed by atoms with Crippen LogP contribution in [0.25, 0.3) is 0 Å². The van der Waals surface area contributed by atoms with Crippen LogP contribution in [0.4, 0.5) is 0 Å². The summed E-state index contributed by atoms with van der Waals surface area (Å²) in [5.74, 6) is -0.302. The van der Waals surface area contributed by atoms with Crippen molar-refractivity contribution in [3.8, 4) is 0 Å². The minimum absolute atomic E-state index is 0.119. The molecular weight excluding hydrogens is 234 g/mol. The monoisotopic (exact) mass is 255 g/mol. The fraction of sp³-hybridized carbons (Fsp3) is 0.692. The Balaban J connectivity index is 2.31. The maximum atomic E-state index is 11.5. The third-order valence-corrected chi connectivity index (χ3v) is 2.78. The largest absolute Gasteiger partial charge is 0.460 e. The maximum absolute atomic E-state index is 11.5. The van der Waals surface area contributed by atoms with E-state index < -0.39 is 5.97 Å². The summed E-state index contributed by atoms with van der Waals surface area (Å²) in [5.41, 5.74) is 0.366. The molecule has 2 atom stereocenters. The van der Waals surface area contributed by atoms with E-state index in [1.165, 1.54) is 0 Å². The number of carbonyl (C=O) groups excluding carboxylic acids is 2. The Morgan fingerprint density at radius 2 is 2.17 bits per heavy atom. The molecule has 5 nitrogen and oxygen atoms in total. The predicted octanol–water partition coefficient (Wildman–Crippen LogP) is 1.48. The third-order valence-electron chi connectivity index (χ3n) is 2.78. The molecule has 0 spiro atoms. The van der Waals surface area contributed by atoms with E-state index in [0.29, 0.717) is 12.0 Å². The Morgan fingerprint density at radius 1 is 1.50 bits per heavy atom.